The molecule has 0 heterocycles. The number of primary amides is 1. The molecule has 1 rings (SSSR count). The summed E-state index contributed by atoms with van der Waals surface area (Å²) in [5.41, 5.74) is 5.98. The second-order valence-electron chi connectivity index (χ2n) is 3.53. The summed E-state index contributed by atoms with van der Waals surface area (Å²) in [7, 11) is -3.44. The molecule has 6 heteroatoms. The Morgan fingerprint density at radius 3 is 2.38 bits per heavy atom. The maximum absolute atomic E-state index is 11.1. The quantitative estimate of drug-likeness (QED) is 0.738. The first kappa shape index (κ1) is 12.7. The number of rotatable bonds is 5. The molecular formula is C10H14N2O3S. The van der Waals surface area contributed by atoms with Crippen LogP contribution in [0.15, 0.2) is 30.3 Å². The first-order valence-electron chi connectivity index (χ1n) is 4.69. The van der Waals surface area contributed by atoms with Gasteiger partial charge in [0, 0.05) is 0 Å². The summed E-state index contributed by atoms with van der Waals surface area (Å²) in [4.78, 5) is 11.1. The van der Waals surface area contributed by atoms with E-state index in [1.807, 2.05) is 18.2 Å². The molecule has 0 aliphatic heterocycles. The van der Waals surface area contributed by atoms with Crippen LogP contribution in [0.3, 0.4) is 0 Å². The molecule has 1 atom stereocenters. The Balaban J connectivity index is 2.77. The molecule has 0 aliphatic carbocycles. The van der Waals surface area contributed by atoms with Crippen LogP contribution >= 0.6 is 0 Å². The van der Waals surface area contributed by atoms with E-state index < -0.39 is 22.0 Å². The fourth-order valence-electron chi connectivity index (χ4n) is 1.31. The number of nitrogens with two attached hydrogens (primary N) is 1. The largest absolute Gasteiger partial charge is 0.368 e. The molecule has 16 heavy (non-hydrogen) atoms. The van der Waals surface area contributed by atoms with Crippen molar-refractivity contribution in [1.82, 2.24) is 4.72 Å². The average molecular weight is 242 g/mol. The van der Waals surface area contributed by atoms with Crippen molar-refractivity contribution in [2.75, 3.05) is 6.26 Å². The van der Waals surface area contributed by atoms with Gasteiger partial charge in [-0.2, -0.15) is 0 Å². The molecule has 1 aromatic carbocycles. The van der Waals surface area contributed by atoms with Crippen molar-refractivity contribution in [2.45, 2.75) is 12.5 Å². The summed E-state index contributed by atoms with van der Waals surface area (Å²) in [6.45, 7) is 0. The van der Waals surface area contributed by atoms with Crippen LogP contribution in [0.4, 0.5) is 0 Å². The molecule has 88 valence electrons. The summed E-state index contributed by atoms with van der Waals surface area (Å²) in [6.07, 6.45) is 1.25. The highest BCUT2D eigenvalue weighted by molar-refractivity contribution is 7.88. The van der Waals surface area contributed by atoms with E-state index in [1.54, 1.807) is 12.1 Å². The third-order valence-corrected chi connectivity index (χ3v) is 2.70. The van der Waals surface area contributed by atoms with Crippen molar-refractivity contribution in [3.05, 3.63) is 35.9 Å². The molecule has 3 N–H and O–H groups in total. The lowest BCUT2D eigenvalue weighted by atomic mass is 10.1. The summed E-state index contributed by atoms with van der Waals surface area (Å²) >= 11 is 0. The zero-order valence-electron chi connectivity index (χ0n) is 8.88. The van der Waals surface area contributed by atoms with Crippen LogP contribution in [-0.4, -0.2) is 26.6 Å². The van der Waals surface area contributed by atoms with Crippen LogP contribution in [-0.2, 0) is 21.2 Å². The van der Waals surface area contributed by atoms with Crippen LogP contribution in [0.5, 0.6) is 0 Å². The molecule has 0 fully saturated rings. The molecule has 5 nitrogen and oxygen atoms in total. The van der Waals surface area contributed by atoms with E-state index in [9.17, 15) is 13.2 Å². The van der Waals surface area contributed by atoms with Gasteiger partial charge < -0.3 is 5.73 Å². The Bertz CT molecular complexity index is 456. The standard InChI is InChI=1S/C10H14N2O3S/c1-16(14,15)12-9(10(11)13)7-8-5-3-2-4-6-8/h2-6,9,12H,7H2,1H3,(H2,11,13)/t9-/m0/s1. The monoisotopic (exact) mass is 242 g/mol. The first-order valence-corrected chi connectivity index (χ1v) is 6.58. The second kappa shape index (κ2) is 5.09. The highest BCUT2D eigenvalue weighted by atomic mass is 32.2. The molecule has 0 spiro atoms. The number of benzene rings is 1. The minimum Gasteiger partial charge on any atom is -0.368 e. The SMILES string of the molecule is CS(=O)(=O)N[C@@H](Cc1ccccc1)C(N)=O. The molecule has 0 unspecified atom stereocenters. The number of hydrogen-bond donors (Lipinski definition) is 2. The van der Waals surface area contributed by atoms with Crippen molar-refractivity contribution >= 4 is 15.9 Å². The van der Waals surface area contributed by atoms with E-state index in [1.165, 1.54) is 0 Å². The summed E-state index contributed by atoms with van der Waals surface area (Å²) in [5, 5.41) is 0. The van der Waals surface area contributed by atoms with E-state index in [0.29, 0.717) is 0 Å². The first-order chi connectivity index (χ1) is 7.38. The molecule has 0 radical (unpaired) electrons. The Hall–Kier alpha value is -1.40. The number of hydrogen-bond acceptors (Lipinski definition) is 3. The minimum atomic E-state index is -3.44. The Kier molecular flexibility index (Phi) is 4.03. The second-order valence-corrected chi connectivity index (χ2v) is 5.31. The van der Waals surface area contributed by atoms with E-state index >= 15 is 0 Å². The van der Waals surface area contributed by atoms with Crippen LogP contribution in [0.1, 0.15) is 5.56 Å². The fraction of sp³-hybridized carbons (Fsp3) is 0.300. The van der Waals surface area contributed by atoms with Gasteiger partial charge in [0.25, 0.3) is 0 Å². The normalized spacial score (nSPS) is 13.3. The van der Waals surface area contributed by atoms with Crippen LogP contribution in [0.25, 0.3) is 0 Å². The minimum absolute atomic E-state index is 0.253. The molecule has 0 aromatic heterocycles. The average Bonchev–Trinajstić information content (AvgIpc) is 2.16. The van der Waals surface area contributed by atoms with Gasteiger partial charge in [-0.25, -0.2) is 13.1 Å². The van der Waals surface area contributed by atoms with Gasteiger partial charge in [0.15, 0.2) is 0 Å². The zero-order valence-corrected chi connectivity index (χ0v) is 9.70. The van der Waals surface area contributed by atoms with Gasteiger partial charge in [-0.1, -0.05) is 30.3 Å². The number of carbonyl (C=O) groups excluding carboxylic acids is 1. The number of amides is 1. The number of sulfonamides is 1. The molecule has 1 aromatic rings. The van der Waals surface area contributed by atoms with Gasteiger partial charge in [0.2, 0.25) is 15.9 Å². The smallest absolute Gasteiger partial charge is 0.235 e. The van der Waals surface area contributed by atoms with E-state index in [4.69, 9.17) is 5.73 Å². The molecule has 0 saturated carbocycles. The van der Waals surface area contributed by atoms with Crippen LogP contribution in [0, 0.1) is 0 Å². The van der Waals surface area contributed by atoms with Crippen molar-refractivity contribution in [3.63, 3.8) is 0 Å². The lowest BCUT2D eigenvalue weighted by molar-refractivity contribution is -0.119. The molecule has 0 bridgehead atoms. The molecular weight excluding hydrogens is 228 g/mol. The number of carbonyl (C=O) groups is 1. The lowest BCUT2D eigenvalue weighted by Gasteiger charge is -2.13. The Morgan fingerprint density at radius 2 is 1.94 bits per heavy atom. The third-order valence-electron chi connectivity index (χ3n) is 1.98. The molecule has 0 aliphatic rings. The van der Waals surface area contributed by atoms with Crippen molar-refractivity contribution < 1.29 is 13.2 Å². The molecule has 0 saturated heterocycles. The van der Waals surface area contributed by atoms with Gasteiger partial charge in [0.05, 0.1) is 6.26 Å². The third kappa shape index (κ3) is 4.41. The van der Waals surface area contributed by atoms with E-state index in [-0.39, 0.29) is 6.42 Å². The van der Waals surface area contributed by atoms with Gasteiger partial charge in [0.1, 0.15) is 6.04 Å². The highest BCUT2D eigenvalue weighted by Gasteiger charge is 2.19. The Morgan fingerprint density at radius 1 is 1.38 bits per heavy atom. The van der Waals surface area contributed by atoms with Crippen LogP contribution in [0.2, 0.25) is 0 Å². The van der Waals surface area contributed by atoms with Crippen molar-refractivity contribution in [2.24, 2.45) is 5.73 Å². The van der Waals surface area contributed by atoms with Gasteiger partial charge >= 0.3 is 0 Å². The van der Waals surface area contributed by atoms with Crippen molar-refractivity contribution in [3.8, 4) is 0 Å². The summed E-state index contributed by atoms with van der Waals surface area (Å²) in [5.74, 6) is -0.686. The zero-order chi connectivity index (χ0) is 12.2. The maximum Gasteiger partial charge on any atom is 0.235 e. The summed E-state index contributed by atoms with van der Waals surface area (Å²) < 4.78 is 24.2. The Labute approximate surface area is 94.7 Å². The fourth-order valence-corrected chi connectivity index (χ4v) is 2.02. The predicted octanol–water partition coefficient (Wildman–Crippen LogP) is -0.368. The predicted molar refractivity (Wildman–Crippen MR) is 61.1 cm³/mol. The highest BCUT2D eigenvalue weighted by Crippen LogP contribution is 2.03. The molecule has 1 amide bonds. The van der Waals surface area contributed by atoms with E-state index in [2.05, 4.69) is 4.72 Å². The van der Waals surface area contributed by atoms with Gasteiger partial charge in [-0.3, -0.25) is 4.79 Å². The lowest BCUT2D eigenvalue weighted by Crippen LogP contribution is -2.45. The summed E-state index contributed by atoms with van der Waals surface area (Å²) in [6, 6.07) is 8.17. The van der Waals surface area contributed by atoms with E-state index in [0.717, 1.165) is 11.8 Å². The van der Waals surface area contributed by atoms with Crippen LogP contribution < -0.4 is 10.5 Å². The maximum atomic E-state index is 11.1. The van der Waals surface area contributed by atoms with Gasteiger partial charge in [-0.05, 0) is 12.0 Å². The number of nitrogens with one attached hydrogen (secondary N) is 1. The topological polar surface area (TPSA) is 89.3 Å². The van der Waals surface area contributed by atoms with Gasteiger partial charge in [-0.15, -0.1) is 0 Å². The van der Waals surface area contributed by atoms with Crippen molar-refractivity contribution in [1.29, 1.82) is 0 Å².